The third kappa shape index (κ3) is 2.49. The number of carbonyl (C=O) groups is 1. The van der Waals surface area contributed by atoms with E-state index in [9.17, 15) is 4.79 Å². The van der Waals surface area contributed by atoms with Gasteiger partial charge in [-0.3, -0.25) is 4.79 Å². The highest BCUT2D eigenvalue weighted by molar-refractivity contribution is 7.96. The topological polar surface area (TPSA) is 64.2 Å². The maximum atomic E-state index is 11.7. The number of hydrogen-bond donors (Lipinski definition) is 1. The van der Waals surface area contributed by atoms with Gasteiger partial charge in [0.05, 0.1) is 11.4 Å². The van der Waals surface area contributed by atoms with Crippen LogP contribution in [0.25, 0.3) is 5.69 Å². The summed E-state index contributed by atoms with van der Waals surface area (Å²) in [6.45, 7) is 1.58. The Labute approximate surface area is 133 Å². The van der Waals surface area contributed by atoms with E-state index in [1.807, 2.05) is 30.5 Å². The van der Waals surface area contributed by atoms with Crippen LogP contribution >= 0.6 is 11.9 Å². The number of nitrogens with two attached hydrogens (primary N) is 1. The number of carbonyl (C=O) groups excluding carboxylic acids is 1. The van der Waals surface area contributed by atoms with Gasteiger partial charge in [0.15, 0.2) is 5.69 Å². The van der Waals surface area contributed by atoms with Crippen molar-refractivity contribution in [1.29, 1.82) is 0 Å². The number of terminal acetylenes is 1. The maximum absolute atomic E-state index is 11.7. The third-order valence-electron chi connectivity index (χ3n) is 3.77. The second-order valence-electron chi connectivity index (χ2n) is 5.04. The van der Waals surface area contributed by atoms with Crippen molar-refractivity contribution in [2.75, 3.05) is 12.8 Å². The van der Waals surface area contributed by atoms with Gasteiger partial charge in [-0.05, 0) is 24.5 Å². The third-order valence-corrected chi connectivity index (χ3v) is 4.60. The molecule has 0 unspecified atom stereocenters. The molecule has 1 aliphatic rings. The van der Waals surface area contributed by atoms with Crippen molar-refractivity contribution in [2.45, 2.75) is 13.0 Å². The van der Waals surface area contributed by atoms with Crippen LogP contribution in [0, 0.1) is 12.3 Å². The Morgan fingerprint density at radius 2 is 2.32 bits per heavy atom. The van der Waals surface area contributed by atoms with E-state index in [0.717, 1.165) is 35.5 Å². The van der Waals surface area contributed by atoms with Crippen LogP contribution in [-0.4, -0.2) is 32.8 Å². The van der Waals surface area contributed by atoms with Crippen LogP contribution in [-0.2, 0) is 13.0 Å². The smallest absolute Gasteiger partial charge is 0.269 e. The summed E-state index contributed by atoms with van der Waals surface area (Å²) in [4.78, 5) is 11.7. The average molecular weight is 312 g/mol. The molecule has 2 N–H and O–H groups in total. The molecule has 0 spiro atoms. The van der Waals surface area contributed by atoms with Crippen molar-refractivity contribution in [3.63, 3.8) is 0 Å². The molecular weight excluding hydrogens is 296 g/mol. The SMILES string of the molecule is C#Cc1cccc(-n2nc(C(N)=O)c3c2CCN(SC)C3)c1. The minimum Gasteiger partial charge on any atom is -0.364 e. The molecule has 0 radical (unpaired) electrons. The fourth-order valence-electron chi connectivity index (χ4n) is 2.69. The molecule has 1 aromatic carbocycles. The molecule has 2 aromatic rings. The lowest BCUT2D eigenvalue weighted by Crippen LogP contribution is -2.26. The number of benzene rings is 1. The summed E-state index contributed by atoms with van der Waals surface area (Å²) in [6.07, 6.45) is 8.30. The lowest BCUT2D eigenvalue weighted by atomic mass is 10.1. The zero-order valence-electron chi connectivity index (χ0n) is 12.2. The van der Waals surface area contributed by atoms with Crippen LogP contribution in [0.5, 0.6) is 0 Å². The number of amides is 1. The molecule has 0 aliphatic carbocycles. The summed E-state index contributed by atoms with van der Waals surface area (Å²) in [5, 5.41) is 4.44. The fourth-order valence-corrected chi connectivity index (χ4v) is 3.22. The molecule has 3 rings (SSSR count). The minimum absolute atomic E-state index is 0.347. The molecule has 2 heterocycles. The molecule has 0 atom stereocenters. The van der Waals surface area contributed by atoms with Crippen molar-refractivity contribution in [2.24, 2.45) is 5.73 Å². The Morgan fingerprint density at radius 1 is 1.50 bits per heavy atom. The van der Waals surface area contributed by atoms with Gasteiger partial charge in [-0.15, -0.1) is 6.42 Å². The lowest BCUT2D eigenvalue weighted by Gasteiger charge is -2.25. The first-order valence-corrected chi connectivity index (χ1v) is 8.09. The van der Waals surface area contributed by atoms with Gasteiger partial charge in [-0.1, -0.05) is 23.9 Å². The maximum Gasteiger partial charge on any atom is 0.269 e. The molecule has 6 heteroatoms. The van der Waals surface area contributed by atoms with Gasteiger partial charge in [0.25, 0.3) is 5.91 Å². The van der Waals surface area contributed by atoms with Crippen molar-refractivity contribution >= 4 is 17.9 Å². The van der Waals surface area contributed by atoms with Gasteiger partial charge in [0, 0.05) is 30.6 Å². The highest BCUT2D eigenvalue weighted by atomic mass is 32.2. The van der Waals surface area contributed by atoms with E-state index in [0.29, 0.717) is 12.2 Å². The normalized spacial score (nSPS) is 14.4. The first-order chi connectivity index (χ1) is 10.6. The Balaban J connectivity index is 2.13. The molecule has 1 aromatic heterocycles. The number of rotatable bonds is 3. The number of nitrogens with zero attached hydrogens (tertiary/aromatic N) is 3. The molecule has 5 nitrogen and oxygen atoms in total. The van der Waals surface area contributed by atoms with E-state index in [1.54, 1.807) is 16.6 Å². The van der Waals surface area contributed by atoms with Crippen LogP contribution in [0.1, 0.15) is 27.3 Å². The lowest BCUT2D eigenvalue weighted by molar-refractivity contribution is 0.0993. The van der Waals surface area contributed by atoms with Crippen molar-refractivity contribution < 1.29 is 4.79 Å². The van der Waals surface area contributed by atoms with Crippen molar-refractivity contribution in [3.05, 3.63) is 46.8 Å². The summed E-state index contributed by atoms with van der Waals surface area (Å²) in [5.41, 5.74) is 9.44. The number of hydrogen-bond acceptors (Lipinski definition) is 4. The summed E-state index contributed by atoms with van der Waals surface area (Å²) in [6, 6.07) is 7.57. The first-order valence-electron chi connectivity index (χ1n) is 6.90. The molecule has 22 heavy (non-hydrogen) atoms. The van der Waals surface area contributed by atoms with E-state index in [-0.39, 0.29) is 0 Å². The molecule has 0 bridgehead atoms. The van der Waals surface area contributed by atoms with Gasteiger partial charge in [0.1, 0.15) is 0 Å². The van der Waals surface area contributed by atoms with Gasteiger partial charge in [0.2, 0.25) is 0 Å². The number of fused-ring (bicyclic) bond motifs is 1. The number of primary amides is 1. The predicted molar refractivity (Wildman–Crippen MR) is 87.6 cm³/mol. The van der Waals surface area contributed by atoms with Crippen LogP contribution in [0.15, 0.2) is 24.3 Å². The predicted octanol–water partition coefficient (Wildman–Crippen LogP) is 1.59. The van der Waals surface area contributed by atoms with Crippen molar-refractivity contribution in [3.8, 4) is 18.0 Å². The molecular formula is C16H16N4OS. The minimum atomic E-state index is -0.494. The molecule has 0 saturated carbocycles. The number of aromatic nitrogens is 2. The quantitative estimate of drug-likeness (QED) is 0.690. The molecule has 0 fully saturated rings. The summed E-state index contributed by atoms with van der Waals surface area (Å²) < 4.78 is 3.99. The van der Waals surface area contributed by atoms with Crippen LogP contribution in [0.2, 0.25) is 0 Å². The van der Waals surface area contributed by atoms with Gasteiger partial charge >= 0.3 is 0 Å². The summed E-state index contributed by atoms with van der Waals surface area (Å²) >= 11 is 1.66. The van der Waals surface area contributed by atoms with Crippen LogP contribution < -0.4 is 5.73 Å². The van der Waals surface area contributed by atoms with E-state index >= 15 is 0 Å². The summed E-state index contributed by atoms with van der Waals surface area (Å²) in [5.74, 6) is 2.12. The second-order valence-corrected chi connectivity index (χ2v) is 5.92. The van der Waals surface area contributed by atoms with E-state index in [4.69, 9.17) is 12.2 Å². The van der Waals surface area contributed by atoms with E-state index < -0.39 is 5.91 Å². The summed E-state index contributed by atoms with van der Waals surface area (Å²) in [7, 11) is 0. The highest BCUT2D eigenvalue weighted by Crippen LogP contribution is 2.27. The van der Waals surface area contributed by atoms with Gasteiger partial charge in [-0.25, -0.2) is 8.99 Å². The highest BCUT2D eigenvalue weighted by Gasteiger charge is 2.27. The van der Waals surface area contributed by atoms with Crippen LogP contribution in [0.3, 0.4) is 0 Å². The van der Waals surface area contributed by atoms with Crippen LogP contribution in [0.4, 0.5) is 0 Å². The Kier molecular flexibility index (Phi) is 3.92. The second kappa shape index (κ2) is 5.87. The zero-order valence-corrected chi connectivity index (χ0v) is 13.1. The zero-order chi connectivity index (χ0) is 15.7. The largest absolute Gasteiger partial charge is 0.364 e. The van der Waals surface area contributed by atoms with E-state index in [1.165, 1.54) is 0 Å². The van der Waals surface area contributed by atoms with E-state index in [2.05, 4.69) is 15.3 Å². The van der Waals surface area contributed by atoms with Crippen molar-refractivity contribution in [1.82, 2.24) is 14.1 Å². The molecule has 1 amide bonds. The van der Waals surface area contributed by atoms with Gasteiger partial charge < -0.3 is 5.73 Å². The first kappa shape index (κ1) is 14.7. The standard InChI is InChI=1S/C16H16N4OS/c1-3-11-5-4-6-12(9-11)20-14-7-8-19(22-2)10-13(14)15(18-20)16(17)21/h1,4-6,9H,7-8,10H2,2H3,(H2,17,21). The Morgan fingerprint density at radius 3 is 3.00 bits per heavy atom. The fraction of sp³-hybridized carbons (Fsp3) is 0.250. The molecule has 0 saturated heterocycles. The molecule has 112 valence electrons. The molecule has 1 aliphatic heterocycles. The monoisotopic (exact) mass is 312 g/mol. The average Bonchev–Trinajstić information content (AvgIpc) is 2.93. The Hall–Kier alpha value is -2.23. The van der Waals surface area contributed by atoms with Gasteiger partial charge in [-0.2, -0.15) is 5.10 Å². The Bertz CT molecular complexity index is 775.